The summed E-state index contributed by atoms with van der Waals surface area (Å²) in [6.45, 7) is 6.02. The van der Waals surface area contributed by atoms with Crippen LogP contribution in [0, 0.1) is 14.1 Å². The summed E-state index contributed by atoms with van der Waals surface area (Å²) in [7, 11) is 0. The minimum absolute atomic E-state index is 0.219. The van der Waals surface area contributed by atoms with Crippen LogP contribution in [0.25, 0.3) is 6.08 Å². The number of hydrogen-bond acceptors (Lipinski definition) is 6. The van der Waals surface area contributed by atoms with E-state index in [0.717, 1.165) is 29.4 Å². The summed E-state index contributed by atoms with van der Waals surface area (Å²) in [4.78, 5) is 32.4. The Morgan fingerprint density at radius 1 is 1.07 bits per heavy atom. The van der Waals surface area contributed by atoms with Crippen molar-refractivity contribution in [2.75, 3.05) is 6.61 Å². The van der Waals surface area contributed by atoms with E-state index in [2.05, 4.69) is 50.2 Å². The highest BCUT2D eigenvalue weighted by atomic mass is 127. The molecule has 0 fully saturated rings. The number of thiazole rings is 1. The monoisotopic (exact) mass is 844 g/mol. The molecule has 0 unspecified atom stereocenters. The zero-order valence-corrected chi connectivity index (χ0v) is 29.4. The van der Waals surface area contributed by atoms with Crippen molar-refractivity contribution in [1.82, 2.24) is 4.57 Å². The number of carbonyl (C=O) groups is 1. The lowest BCUT2D eigenvalue weighted by Gasteiger charge is -2.24. The molecule has 4 aromatic rings. The molecule has 1 aliphatic heterocycles. The number of benzene rings is 3. The summed E-state index contributed by atoms with van der Waals surface area (Å²) in [6.07, 6.45) is 1.83. The van der Waals surface area contributed by atoms with Gasteiger partial charge in [-0.2, -0.15) is 0 Å². The molecule has 216 valence electrons. The first-order chi connectivity index (χ1) is 20.1. The van der Waals surface area contributed by atoms with Gasteiger partial charge in [-0.3, -0.25) is 9.36 Å². The molecule has 3 aromatic carbocycles. The number of aromatic nitrogens is 1. The number of carbonyl (C=O) groups excluding carboxylic acids is 1. The van der Waals surface area contributed by atoms with Gasteiger partial charge in [0.2, 0.25) is 0 Å². The van der Waals surface area contributed by atoms with Gasteiger partial charge in [-0.1, -0.05) is 70.4 Å². The van der Waals surface area contributed by atoms with Gasteiger partial charge < -0.3 is 9.47 Å². The van der Waals surface area contributed by atoms with Crippen molar-refractivity contribution in [2.45, 2.75) is 33.4 Å². The lowest BCUT2D eigenvalue weighted by Crippen LogP contribution is -2.39. The van der Waals surface area contributed by atoms with Crippen molar-refractivity contribution < 1.29 is 14.3 Å². The molecule has 0 spiro atoms. The fourth-order valence-corrected chi connectivity index (χ4v) is 8.03. The van der Waals surface area contributed by atoms with E-state index in [0.29, 0.717) is 36.4 Å². The zero-order valence-electron chi connectivity index (χ0n) is 22.7. The minimum atomic E-state index is -0.663. The molecule has 0 radical (unpaired) electrons. The molecule has 6 nitrogen and oxygen atoms in total. The summed E-state index contributed by atoms with van der Waals surface area (Å²) in [6, 6.07) is 16.5. The smallest absolute Gasteiger partial charge is 0.338 e. The number of hydrogen-bond donors (Lipinski definition) is 0. The molecule has 0 saturated heterocycles. The fraction of sp³-hybridized carbons (Fsp3) is 0.194. The van der Waals surface area contributed by atoms with E-state index in [1.165, 1.54) is 11.3 Å². The van der Waals surface area contributed by atoms with E-state index in [1.807, 2.05) is 55.5 Å². The molecule has 1 aromatic heterocycles. The molecule has 0 N–H and O–H groups in total. The predicted molar refractivity (Wildman–Crippen MR) is 184 cm³/mol. The van der Waals surface area contributed by atoms with Crippen molar-refractivity contribution in [3.8, 4) is 5.75 Å². The van der Waals surface area contributed by atoms with Gasteiger partial charge in [-0.15, -0.1) is 0 Å². The number of rotatable bonds is 7. The molecule has 11 heteroatoms. The molecule has 1 aliphatic rings. The first kappa shape index (κ1) is 31.2. The maximum atomic E-state index is 14.1. The van der Waals surface area contributed by atoms with Crippen molar-refractivity contribution in [1.29, 1.82) is 0 Å². The Kier molecular flexibility index (Phi) is 9.83. The van der Waals surface area contributed by atoms with E-state index in [9.17, 15) is 9.59 Å². The third-order valence-electron chi connectivity index (χ3n) is 6.60. The standard InChI is InChI=1S/C31H24Cl2I2N2O4S/c1-4-40-30(39)26-17(3)36-31-37(27(26)19-8-5-16(2)6-9-19)29(38)25(42-31)13-20-12-21(34)14-24(35)28(20)41-15-18-7-10-22(32)23(33)11-18/h5-14,27H,4,15H2,1-3H3/b25-13-/t27-/m0/s1. The topological polar surface area (TPSA) is 69.9 Å². The van der Waals surface area contributed by atoms with Crippen LogP contribution < -0.4 is 19.6 Å². The SMILES string of the molecule is CCOC(=O)C1=C(C)N=c2s/c(=C\c3cc(I)cc(I)c3OCc3ccc(Cl)c(Cl)c3)c(=O)n2[C@H]1c1ccc(C)cc1. The number of aryl methyl sites for hydroxylation is 1. The molecule has 1 atom stereocenters. The van der Waals surface area contributed by atoms with E-state index in [-0.39, 0.29) is 18.8 Å². The van der Waals surface area contributed by atoms with Crippen LogP contribution in [-0.4, -0.2) is 17.1 Å². The highest BCUT2D eigenvalue weighted by Gasteiger charge is 2.33. The second-order valence-electron chi connectivity index (χ2n) is 9.56. The van der Waals surface area contributed by atoms with Crippen LogP contribution in [0.4, 0.5) is 0 Å². The number of halogens is 4. The van der Waals surface area contributed by atoms with Gasteiger partial charge in [0.1, 0.15) is 12.4 Å². The number of nitrogens with zero attached hydrogens (tertiary/aromatic N) is 2. The Hall–Kier alpha value is -2.19. The molecule has 42 heavy (non-hydrogen) atoms. The van der Waals surface area contributed by atoms with Gasteiger partial charge in [-0.05, 0) is 107 Å². The summed E-state index contributed by atoms with van der Waals surface area (Å²) < 4.78 is 15.6. The highest BCUT2D eigenvalue weighted by Crippen LogP contribution is 2.32. The second-order valence-corrected chi connectivity index (χ2v) is 13.8. The average molecular weight is 845 g/mol. The lowest BCUT2D eigenvalue weighted by atomic mass is 9.95. The van der Waals surface area contributed by atoms with Gasteiger partial charge in [0.05, 0.1) is 42.1 Å². The van der Waals surface area contributed by atoms with Gasteiger partial charge in [0.15, 0.2) is 4.80 Å². The Morgan fingerprint density at radius 2 is 1.81 bits per heavy atom. The van der Waals surface area contributed by atoms with Crippen LogP contribution in [0.2, 0.25) is 10.0 Å². The van der Waals surface area contributed by atoms with Crippen LogP contribution in [0.3, 0.4) is 0 Å². The van der Waals surface area contributed by atoms with Gasteiger partial charge in [-0.25, -0.2) is 9.79 Å². The van der Waals surface area contributed by atoms with Crippen molar-refractivity contribution in [3.63, 3.8) is 0 Å². The number of fused-ring (bicyclic) bond motifs is 1. The summed E-state index contributed by atoms with van der Waals surface area (Å²) in [5, 5.41) is 0.933. The predicted octanol–water partition coefficient (Wildman–Crippen LogP) is 7.20. The van der Waals surface area contributed by atoms with Crippen LogP contribution in [0.15, 0.2) is 75.7 Å². The van der Waals surface area contributed by atoms with Crippen LogP contribution >= 0.6 is 79.7 Å². The highest BCUT2D eigenvalue weighted by molar-refractivity contribution is 14.1. The fourth-order valence-electron chi connectivity index (χ4n) is 4.62. The summed E-state index contributed by atoms with van der Waals surface area (Å²) in [5.41, 5.74) is 4.14. The third-order valence-corrected chi connectivity index (χ3v) is 9.75. The van der Waals surface area contributed by atoms with Crippen molar-refractivity contribution >= 4 is 91.8 Å². The molecular weight excluding hydrogens is 821 g/mol. The Labute approximate surface area is 284 Å². The normalized spacial score (nSPS) is 14.9. The van der Waals surface area contributed by atoms with Crippen LogP contribution in [0.1, 0.15) is 42.1 Å². The van der Waals surface area contributed by atoms with Gasteiger partial charge in [0, 0.05) is 9.13 Å². The molecule has 2 heterocycles. The number of esters is 1. The molecule has 0 bridgehead atoms. The lowest BCUT2D eigenvalue weighted by molar-refractivity contribution is -0.139. The molecule has 0 amide bonds. The summed E-state index contributed by atoms with van der Waals surface area (Å²) >= 11 is 18.0. The summed E-state index contributed by atoms with van der Waals surface area (Å²) in [5.74, 6) is 0.162. The zero-order chi connectivity index (χ0) is 30.1. The third kappa shape index (κ3) is 6.50. The molecule has 0 saturated carbocycles. The van der Waals surface area contributed by atoms with Crippen LogP contribution in [0.5, 0.6) is 5.75 Å². The molecular formula is C31H24Cl2I2N2O4S. The second kappa shape index (κ2) is 13.2. The van der Waals surface area contributed by atoms with E-state index in [4.69, 9.17) is 32.7 Å². The Bertz CT molecular complexity index is 1920. The van der Waals surface area contributed by atoms with Gasteiger partial charge >= 0.3 is 5.97 Å². The Morgan fingerprint density at radius 3 is 2.50 bits per heavy atom. The van der Waals surface area contributed by atoms with E-state index in [1.54, 1.807) is 30.5 Å². The largest absolute Gasteiger partial charge is 0.487 e. The van der Waals surface area contributed by atoms with E-state index < -0.39 is 12.0 Å². The quantitative estimate of drug-likeness (QED) is 0.146. The maximum absolute atomic E-state index is 14.1. The average Bonchev–Trinajstić information content (AvgIpc) is 3.24. The van der Waals surface area contributed by atoms with Crippen molar-refractivity contribution in [3.05, 3.63) is 125 Å². The first-order valence-electron chi connectivity index (χ1n) is 12.9. The van der Waals surface area contributed by atoms with Crippen LogP contribution in [-0.2, 0) is 16.1 Å². The Balaban J connectivity index is 1.63. The van der Waals surface area contributed by atoms with Gasteiger partial charge in [0.25, 0.3) is 5.56 Å². The first-order valence-corrected chi connectivity index (χ1v) is 16.6. The minimum Gasteiger partial charge on any atom is -0.487 e. The van der Waals surface area contributed by atoms with Crippen molar-refractivity contribution in [2.24, 2.45) is 4.99 Å². The maximum Gasteiger partial charge on any atom is 0.338 e. The number of allylic oxidation sites excluding steroid dienone is 1. The van der Waals surface area contributed by atoms with E-state index >= 15 is 0 Å². The molecule has 0 aliphatic carbocycles. The number of ether oxygens (including phenoxy) is 2. The molecule has 5 rings (SSSR count).